The van der Waals surface area contributed by atoms with Crippen LogP contribution in [0.25, 0.3) is 0 Å². The molecule has 25 heavy (non-hydrogen) atoms. The van der Waals surface area contributed by atoms with E-state index < -0.39 is 0 Å². The maximum atomic E-state index is 11.6. The summed E-state index contributed by atoms with van der Waals surface area (Å²) in [5.41, 5.74) is 8.31. The first-order chi connectivity index (χ1) is 12.1. The molecule has 1 aromatic rings. The van der Waals surface area contributed by atoms with Crippen molar-refractivity contribution in [3.63, 3.8) is 0 Å². The molecule has 1 aromatic carbocycles. The molecule has 0 spiro atoms. The monoisotopic (exact) mass is 343 g/mol. The number of nitrogen functional groups attached to an aromatic ring is 1. The number of piperazine rings is 1. The van der Waals surface area contributed by atoms with Gasteiger partial charge in [0.25, 0.3) is 0 Å². The van der Waals surface area contributed by atoms with E-state index in [9.17, 15) is 4.79 Å². The molecule has 136 valence electrons. The predicted molar refractivity (Wildman–Crippen MR) is 104 cm³/mol. The number of hydrogen-bond acceptors (Lipinski definition) is 5. The van der Waals surface area contributed by atoms with Crippen LogP contribution < -0.4 is 16.0 Å². The number of hydrogen-bond donors (Lipinski definition) is 2. The third-order valence-electron chi connectivity index (χ3n) is 5.36. The summed E-state index contributed by atoms with van der Waals surface area (Å²) in [6, 6.07) is 6.58. The van der Waals surface area contributed by atoms with Gasteiger partial charge >= 0.3 is 0 Å². The zero-order chi connectivity index (χ0) is 17.8. The Morgan fingerprint density at radius 3 is 2.52 bits per heavy atom. The second-order valence-corrected chi connectivity index (χ2v) is 7.02. The molecule has 3 rings (SSSR count). The van der Waals surface area contributed by atoms with Crippen molar-refractivity contribution in [2.24, 2.45) is 0 Å². The summed E-state index contributed by atoms with van der Waals surface area (Å²) in [6.45, 7) is 10.1. The van der Waals surface area contributed by atoms with Gasteiger partial charge in [-0.15, -0.1) is 0 Å². The lowest BCUT2D eigenvalue weighted by Crippen LogP contribution is -2.53. The lowest BCUT2D eigenvalue weighted by molar-refractivity contribution is -0.111. The van der Waals surface area contributed by atoms with E-state index in [0.29, 0.717) is 11.4 Å². The number of rotatable bonds is 4. The molecule has 0 radical (unpaired) electrons. The average Bonchev–Trinajstić information content (AvgIpc) is 2.64. The van der Waals surface area contributed by atoms with Crippen molar-refractivity contribution in [1.82, 2.24) is 9.80 Å². The van der Waals surface area contributed by atoms with Crippen LogP contribution in [0, 0.1) is 0 Å². The number of benzene rings is 1. The van der Waals surface area contributed by atoms with Crippen molar-refractivity contribution in [3.8, 4) is 0 Å². The predicted octanol–water partition coefficient (Wildman–Crippen LogP) is 1.61. The minimum absolute atomic E-state index is 0.240. The molecule has 2 saturated heterocycles. The molecule has 0 atom stereocenters. The van der Waals surface area contributed by atoms with Gasteiger partial charge in [0.2, 0.25) is 5.91 Å². The van der Waals surface area contributed by atoms with Gasteiger partial charge < -0.3 is 20.9 Å². The summed E-state index contributed by atoms with van der Waals surface area (Å²) in [7, 11) is 2.21. The Morgan fingerprint density at radius 1 is 1.20 bits per heavy atom. The highest BCUT2D eigenvalue weighted by Crippen LogP contribution is 2.27. The van der Waals surface area contributed by atoms with Gasteiger partial charge in [-0.25, -0.2) is 0 Å². The molecule has 0 bridgehead atoms. The molecule has 3 N–H and O–H groups in total. The fourth-order valence-corrected chi connectivity index (χ4v) is 3.74. The van der Waals surface area contributed by atoms with Crippen LogP contribution >= 0.6 is 0 Å². The first kappa shape index (κ1) is 17.8. The number of carbonyl (C=O) groups is 1. The maximum Gasteiger partial charge on any atom is 0.247 e. The lowest BCUT2D eigenvalue weighted by Gasteiger charge is -2.43. The standard InChI is InChI=1S/C19H29N5O/c1-3-19(25)21-18-14-16(4-5-17(18)20)24-12-10-23(11-13-24)15-6-8-22(2)9-7-15/h3-5,14-15H,1,6-13,20H2,2H3,(H,21,25). The molecular formula is C19H29N5O. The first-order valence-corrected chi connectivity index (χ1v) is 9.07. The fourth-order valence-electron chi connectivity index (χ4n) is 3.74. The number of likely N-dealkylation sites (tertiary alicyclic amines) is 1. The topological polar surface area (TPSA) is 64.8 Å². The molecule has 2 heterocycles. The zero-order valence-electron chi connectivity index (χ0n) is 15.1. The molecule has 0 aromatic heterocycles. The zero-order valence-corrected chi connectivity index (χ0v) is 15.1. The highest BCUT2D eigenvalue weighted by molar-refractivity contribution is 6.01. The molecule has 2 aliphatic rings. The quantitative estimate of drug-likeness (QED) is 0.642. The Kier molecular flexibility index (Phi) is 5.60. The Bertz CT molecular complexity index is 616. The molecule has 0 saturated carbocycles. The Morgan fingerprint density at radius 2 is 1.88 bits per heavy atom. The minimum Gasteiger partial charge on any atom is -0.397 e. The van der Waals surface area contributed by atoms with Gasteiger partial charge in [-0.1, -0.05) is 6.58 Å². The largest absolute Gasteiger partial charge is 0.397 e. The van der Waals surface area contributed by atoms with Crippen LogP contribution in [0.3, 0.4) is 0 Å². The van der Waals surface area contributed by atoms with Crippen LogP contribution in [0.2, 0.25) is 0 Å². The Labute approximate surface area is 150 Å². The number of nitrogens with two attached hydrogens (primary N) is 1. The van der Waals surface area contributed by atoms with Crippen molar-refractivity contribution in [3.05, 3.63) is 30.9 Å². The molecular weight excluding hydrogens is 314 g/mol. The van der Waals surface area contributed by atoms with Gasteiger partial charge in [0, 0.05) is 37.9 Å². The van der Waals surface area contributed by atoms with E-state index in [1.807, 2.05) is 18.2 Å². The molecule has 6 nitrogen and oxygen atoms in total. The van der Waals surface area contributed by atoms with Gasteiger partial charge in [0.05, 0.1) is 11.4 Å². The number of nitrogens with zero attached hydrogens (tertiary/aromatic N) is 3. The lowest BCUT2D eigenvalue weighted by atomic mass is 10.0. The maximum absolute atomic E-state index is 11.6. The van der Waals surface area contributed by atoms with Crippen molar-refractivity contribution >= 4 is 23.0 Å². The summed E-state index contributed by atoms with van der Waals surface area (Å²) in [5, 5.41) is 2.78. The SMILES string of the molecule is C=CC(=O)Nc1cc(N2CCN(C3CCN(C)CC3)CC2)ccc1N. The molecule has 6 heteroatoms. The number of piperidine rings is 1. The molecule has 0 unspecified atom stereocenters. The summed E-state index contributed by atoms with van der Waals surface area (Å²) in [6.07, 6.45) is 3.80. The third kappa shape index (κ3) is 4.32. The van der Waals surface area contributed by atoms with Crippen molar-refractivity contribution in [2.45, 2.75) is 18.9 Å². The second kappa shape index (κ2) is 7.89. The number of amides is 1. The molecule has 2 aliphatic heterocycles. The number of anilines is 3. The van der Waals surface area contributed by atoms with Gasteiger partial charge in [0.15, 0.2) is 0 Å². The van der Waals surface area contributed by atoms with Crippen molar-refractivity contribution in [2.75, 3.05) is 62.3 Å². The van der Waals surface area contributed by atoms with E-state index in [1.54, 1.807) is 0 Å². The van der Waals surface area contributed by atoms with Gasteiger partial charge in [-0.05, 0) is 57.3 Å². The van der Waals surface area contributed by atoms with E-state index in [2.05, 4.69) is 33.6 Å². The van der Waals surface area contributed by atoms with E-state index in [-0.39, 0.29) is 5.91 Å². The highest BCUT2D eigenvalue weighted by Gasteiger charge is 2.26. The summed E-state index contributed by atoms with van der Waals surface area (Å²) >= 11 is 0. The van der Waals surface area contributed by atoms with Crippen LogP contribution in [0.15, 0.2) is 30.9 Å². The number of nitrogens with one attached hydrogen (secondary N) is 1. The normalized spacial score (nSPS) is 20.4. The Hall–Kier alpha value is -2.05. The minimum atomic E-state index is -0.240. The van der Waals surface area contributed by atoms with E-state index in [1.165, 1.54) is 32.0 Å². The summed E-state index contributed by atoms with van der Waals surface area (Å²) in [4.78, 5) is 19.0. The number of carbonyl (C=O) groups excluding carboxylic acids is 1. The molecule has 0 aliphatic carbocycles. The second-order valence-electron chi connectivity index (χ2n) is 7.02. The van der Waals surface area contributed by atoms with E-state index >= 15 is 0 Å². The van der Waals surface area contributed by atoms with Crippen molar-refractivity contribution in [1.29, 1.82) is 0 Å². The van der Waals surface area contributed by atoms with Gasteiger partial charge in [-0.2, -0.15) is 0 Å². The Balaban J connectivity index is 1.60. The van der Waals surface area contributed by atoms with Gasteiger partial charge in [0.1, 0.15) is 0 Å². The van der Waals surface area contributed by atoms with Gasteiger partial charge in [-0.3, -0.25) is 9.69 Å². The third-order valence-corrected chi connectivity index (χ3v) is 5.36. The van der Waals surface area contributed by atoms with Crippen LogP contribution in [0.4, 0.5) is 17.1 Å². The fraction of sp³-hybridized carbons (Fsp3) is 0.526. The molecule has 2 fully saturated rings. The molecule has 1 amide bonds. The average molecular weight is 343 g/mol. The first-order valence-electron chi connectivity index (χ1n) is 9.07. The highest BCUT2D eigenvalue weighted by atomic mass is 16.1. The smallest absolute Gasteiger partial charge is 0.247 e. The van der Waals surface area contributed by atoms with Crippen LogP contribution in [0.1, 0.15) is 12.8 Å². The van der Waals surface area contributed by atoms with E-state index in [0.717, 1.165) is 37.9 Å². The summed E-state index contributed by atoms with van der Waals surface area (Å²) in [5.74, 6) is -0.240. The van der Waals surface area contributed by atoms with Crippen LogP contribution in [-0.2, 0) is 4.79 Å². The summed E-state index contributed by atoms with van der Waals surface area (Å²) < 4.78 is 0. The van der Waals surface area contributed by atoms with Crippen LogP contribution in [0.5, 0.6) is 0 Å². The van der Waals surface area contributed by atoms with Crippen molar-refractivity contribution < 1.29 is 4.79 Å². The van der Waals surface area contributed by atoms with Crippen LogP contribution in [-0.4, -0.2) is 68.1 Å². The van der Waals surface area contributed by atoms with E-state index in [4.69, 9.17) is 5.73 Å².